The Morgan fingerprint density at radius 2 is 2.08 bits per heavy atom. The summed E-state index contributed by atoms with van der Waals surface area (Å²) in [5.74, 6) is 1.75. The van der Waals surface area contributed by atoms with Gasteiger partial charge in [0.1, 0.15) is 0 Å². The zero-order chi connectivity index (χ0) is 8.97. The summed E-state index contributed by atoms with van der Waals surface area (Å²) in [6.45, 7) is 11.0. The molecule has 0 spiro atoms. The minimum absolute atomic E-state index is 0.829. The molecule has 1 heteroatoms. The third kappa shape index (κ3) is 3.57. The van der Waals surface area contributed by atoms with Crippen LogP contribution in [-0.2, 0) is 0 Å². The normalized spacial score (nSPS) is 27.5. The average Bonchev–Trinajstić information content (AvgIpc) is 2.12. The molecule has 0 aromatic carbocycles. The van der Waals surface area contributed by atoms with Gasteiger partial charge in [-0.05, 0) is 31.2 Å². The standard InChI is InChI=1S/C11H23N/c1-10(2)8-12-7-5-4-6-11(3)9-12/h10-11H,4-9H2,1-3H3. The van der Waals surface area contributed by atoms with Gasteiger partial charge >= 0.3 is 0 Å². The highest BCUT2D eigenvalue weighted by molar-refractivity contribution is 4.68. The van der Waals surface area contributed by atoms with Crippen molar-refractivity contribution < 1.29 is 0 Å². The molecule has 1 unspecified atom stereocenters. The molecule has 0 aromatic rings. The summed E-state index contributed by atoms with van der Waals surface area (Å²) in [5, 5.41) is 0. The zero-order valence-electron chi connectivity index (χ0n) is 8.84. The molecule has 1 aliphatic heterocycles. The van der Waals surface area contributed by atoms with Crippen LogP contribution < -0.4 is 0 Å². The van der Waals surface area contributed by atoms with E-state index < -0.39 is 0 Å². The minimum atomic E-state index is 0.829. The predicted octanol–water partition coefficient (Wildman–Crippen LogP) is 2.76. The number of hydrogen-bond donors (Lipinski definition) is 0. The molecular formula is C11H23N. The van der Waals surface area contributed by atoms with Gasteiger partial charge in [0.05, 0.1) is 0 Å². The highest BCUT2D eigenvalue weighted by atomic mass is 15.1. The van der Waals surface area contributed by atoms with Crippen molar-refractivity contribution >= 4 is 0 Å². The summed E-state index contributed by atoms with van der Waals surface area (Å²) in [6.07, 6.45) is 4.29. The van der Waals surface area contributed by atoms with E-state index in [1.165, 1.54) is 38.9 Å². The second-order valence-electron chi connectivity index (χ2n) is 4.75. The lowest BCUT2D eigenvalue weighted by Gasteiger charge is -2.24. The van der Waals surface area contributed by atoms with Crippen molar-refractivity contribution in [1.82, 2.24) is 4.90 Å². The van der Waals surface area contributed by atoms with Crippen LogP contribution in [-0.4, -0.2) is 24.5 Å². The van der Waals surface area contributed by atoms with E-state index in [2.05, 4.69) is 25.7 Å². The smallest absolute Gasteiger partial charge is 0.000713 e. The molecule has 1 aliphatic rings. The van der Waals surface area contributed by atoms with Gasteiger partial charge in [-0.3, -0.25) is 0 Å². The molecule has 0 bridgehead atoms. The summed E-state index contributed by atoms with van der Waals surface area (Å²) in [7, 11) is 0. The quantitative estimate of drug-likeness (QED) is 0.614. The first-order valence-corrected chi connectivity index (χ1v) is 5.41. The molecule has 1 atom stereocenters. The first-order chi connectivity index (χ1) is 5.68. The third-order valence-electron chi connectivity index (χ3n) is 2.61. The van der Waals surface area contributed by atoms with Crippen LogP contribution in [0.4, 0.5) is 0 Å². The molecule has 12 heavy (non-hydrogen) atoms. The van der Waals surface area contributed by atoms with E-state index >= 15 is 0 Å². The second-order valence-corrected chi connectivity index (χ2v) is 4.75. The molecule has 0 aliphatic carbocycles. The van der Waals surface area contributed by atoms with Gasteiger partial charge in [-0.1, -0.05) is 27.2 Å². The Bertz CT molecular complexity index is 120. The number of likely N-dealkylation sites (tertiary alicyclic amines) is 1. The lowest BCUT2D eigenvalue weighted by atomic mass is 10.1. The van der Waals surface area contributed by atoms with Gasteiger partial charge in [0.25, 0.3) is 0 Å². The molecule has 0 saturated carbocycles. The summed E-state index contributed by atoms with van der Waals surface area (Å²) < 4.78 is 0. The van der Waals surface area contributed by atoms with Gasteiger partial charge in [-0.25, -0.2) is 0 Å². The Morgan fingerprint density at radius 3 is 2.75 bits per heavy atom. The molecule has 1 saturated heterocycles. The van der Waals surface area contributed by atoms with Gasteiger partial charge < -0.3 is 4.90 Å². The largest absolute Gasteiger partial charge is 0.303 e. The van der Waals surface area contributed by atoms with Crippen LogP contribution in [0.15, 0.2) is 0 Å². The highest BCUT2D eigenvalue weighted by Gasteiger charge is 2.14. The van der Waals surface area contributed by atoms with Gasteiger partial charge in [0.15, 0.2) is 0 Å². The number of nitrogens with zero attached hydrogens (tertiary/aromatic N) is 1. The summed E-state index contributed by atoms with van der Waals surface area (Å²) in [6, 6.07) is 0. The SMILES string of the molecule is CC(C)CN1CCCCC(C)C1. The lowest BCUT2D eigenvalue weighted by Crippen LogP contribution is -2.31. The maximum atomic E-state index is 2.64. The maximum absolute atomic E-state index is 2.64. The monoisotopic (exact) mass is 169 g/mol. The van der Waals surface area contributed by atoms with Crippen molar-refractivity contribution in [1.29, 1.82) is 0 Å². The highest BCUT2D eigenvalue weighted by Crippen LogP contribution is 2.16. The van der Waals surface area contributed by atoms with Crippen molar-refractivity contribution in [3.8, 4) is 0 Å². The molecule has 1 rings (SSSR count). The van der Waals surface area contributed by atoms with Gasteiger partial charge in [0, 0.05) is 13.1 Å². The molecule has 72 valence electrons. The van der Waals surface area contributed by atoms with Crippen LogP contribution >= 0.6 is 0 Å². The van der Waals surface area contributed by atoms with E-state index in [1.807, 2.05) is 0 Å². The summed E-state index contributed by atoms with van der Waals surface area (Å²) in [4.78, 5) is 2.64. The minimum Gasteiger partial charge on any atom is -0.303 e. The average molecular weight is 169 g/mol. The Morgan fingerprint density at radius 1 is 1.33 bits per heavy atom. The first kappa shape index (κ1) is 10.0. The molecule has 1 heterocycles. The second kappa shape index (κ2) is 4.86. The fourth-order valence-corrected chi connectivity index (χ4v) is 2.13. The van der Waals surface area contributed by atoms with Crippen LogP contribution in [0.25, 0.3) is 0 Å². The van der Waals surface area contributed by atoms with E-state index in [0.717, 1.165) is 11.8 Å². The van der Waals surface area contributed by atoms with Crippen LogP contribution in [0.2, 0.25) is 0 Å². The van der Waals surface area contributed by atoms with Crippen molar-refractivity contribution in [3.05, 3.63) is 0 Å². The first-order valence-electron chi connectivity index (χ1n) is 5.41. The molecule has 0 amide bonds. The number of rotatable bonds is 2. The Hall–Kier alpha value is -0.0400. The molecule has 0 radical (unpaired) electrons. The van der Waals surface area contributed by atoms with Crippen LogP contribution in [0.3, 0.4) is 0 Å². The van der Waals surface area contributed by atoms with E-state index in [9.17, 15) is 0 Å². The molecule has 0 N–H and O–H groups in total. The van der Waals surface area contributed by atoms with Gasteiger partial charge in [-0.2, -0.15) is 0 Å². The van der Waals surface area contributed by atoms with Crippen LogP contribution in [0, 0.1) is 11.8 Å². The summed E-state index contributed by atoms with van der Waals surface area (Å²) >= 11 is 0. The van der Waals surface area contributed by atoms with Crippen molar-refractivity contribution in [3.63, 3.8) is 0 Å². The van der Waals surface area contributed by atoms with E-state index in [1.54, 1.807) is 0 Å². The maximum Gasteiger partial charge on any atom is 0.000713 e. The summed E-state index contributed by atoms with van der Waals surface area (Å²) in [5.41, 5.74) is 0. The fraction of sp³-hybridized carbons (Fsp3) is 1.00. The van der Waals surface area contributed by atoms with Crippen LogP contribution in [0.5, 0.6) is 0 Å². The topological polar surface area (TPSA) is 3.24 Å². The van der Waals surface area contributed by atoms with Gasteiger partial charge in [-0.15, -0.1) is 0 Å². The van der Waals surface area contributed by atoms with Crippen molar-refractivity contribution in [2.24, 2.45) is 11.8 Å². The molecule has 1 nitrogen and oxygen atoms in total. The molecule has 1 fully saturated rings. The molecular weight excluding hydrogens is 146 g/mol. The lowest BCUT2D eigenvalue weighted by molar-refractivity contribution is 0.230. The third-order valence-corrected chi connectivity index (χ3v) is 2.61. The Balaban J connectivity index is 2.31. The fourth-order valence-electron chi connectivity index (χ4n) is 2.13. The van der Waals surface area contributed by atoms with Gasteiger partial charge in [0.2, 0.25) is 0 Å². The predicted molar refractivity (Wildman–Crippen MR) is 54.3 cm³/mol. The van der Waals surface area contributed by atoms with Crippen molar-refractivity contribution in [2.75, 3.05) is 19.6 Å². The van der Waals surface area contributed by atoms with Crippen molar-refractivity contribution in [2.45, 2.75) is 40.0 Å². The van der Waals surface area contributed by atoms with E-state index in [4.69, 9.17) is 0 Å². The van der Waals surface area contributed by atoms with E-state index in [0.29, 0.717) is 0 Å². The van der Waals surface area contributed by atoms with E-state index in [-0.39, 0.29) is 0 Å². The zero-order valence-corrected chi connectivity index (χ0v) is 8.84. The number of hydrogen-bond acceptors (Lipinski definition) is 1. The Labute approximate surface area is 77.1 Å². The Kier molecular flexibility index (Phi) is 4.07. The van der Waals surface area contributed by atoms with Crippen LogP contribution in [0.1, 0.15) is 40.0 Å². The molecule has 0 aromatic heterocycles.